The van der Waals surface area contributed by atoms with Crippen LogP contribution in [0.15, 0.2) is 12.7 Å². The molecule has 0 saturated heterocycles. The van der Waals surface area contributed by atoms with E-state index in [0.29, 0.717) is 6.04 Å². The minimum absolute atomic E-state index is 0.220. The monoisotopic (exact) mass is 210 g/mol. The van der Waals surface area contributed by atoms with Gasteiger partial charge < -0.3 is 5.73 Å². The van der Waals surface area contributed by atoms with E-state index in [2.05, 4.69) is 32.3 Å². The van der Waals surface area contributed by atoms with E-state index in [9.17, 15) is 0 Å². The fourth-order valence-corrected chi connectivity index (χ4v) is 1.92. The molecule has 1 atom stereocenters. The molecule has 0 amide bonds. The summed E-state index contributed by atoms with van der Waals surface area (Å²) in [5.41, 5.74) is 6.33. The van der Waals surface area contributed by atoms with E-state index in [4.69, 9.17) is 5.73 Å². The lowest BCUT2D eigenvalue weighted by Gasteiger charge is -2.35. The molecule has 2 nitrogen and oxygen atoms in total. The summed E-state index contributed by atoms with van der Waals surface area (Å²) in [5.74, 6) is 0.815. The van der Waals surface area contributed by atoms with E-state index >= 15 is 0 Å². The van der Waals surface area contributed by atoms with Crippen LogP contribution in [0.2, 0.25) is 0 Å². The van der Waals surface area contributed by atoms with E-state index in [-0.39, 0.29) is 5.54 Å². The first-order chi connectivity index (χ1) is 6.95. The minimum Gasteiger partial charge on any atom is -0.327 e. The lowest BCUT2D eigenvalue weighted by atomic mass is 10.0. The predicted octanol–water partition coefficient (Wildman–Crippen LogP) is 2.40. The molecule has 1 unspecified atom stereocenters. The maximum Gasteiger partial charge on any atom is 0.0165 e. The molecule has 0 aliphatic heterocycles. The van der Waals surface area contributed by atoms with Gasteiger partial charge in [0.25, 0.3) is 0 Å². The molecule has 0 radical (unpaired) electrons. The summed E-state index contributed by atoms with van der Waals surface area (Å²) in [4.78, 5) is 2.45. The van der Waals surface area contributed by atoms with Gasteiger partial charge in [-0.2, -0.15) is 0 Å². The Kier molecular flexibility index (Phi) is 4.35. The van der Waals surface area contributed by atoms with Gasteiger partial charge in [0.05, 0.1) is 0 Å². The summed E-state index contributed by atoms with van der Waals surface area (Å²) in [6, 6.07) is 0.416. The van der Waals surface area contributed by atoms with Gasteiger partial charge in [-0.05, 0) is 46.0 Å². The zero-order valence-corrected chi connectivity index (χ0v) is 10.5. The van der Waals surface area contributed by atoms with Gasteiger partial charge in [0.1, 0.15) is 0 Å². The Bertz CT molecular complexity index is 201. The van der Waals surface area contributed by atoms with Crippen LogP contribution in [0.4, 0.5) is 0 Å². The van der Waals surface area contributed by atoms with Crippen LogP contribution in [0.3, 0.4) is 0 Å². The Labute approximate surface area is 94.5 Å². The second-order valence-electron chi connectivity index (χ2n) is 5.70. The van der Waals surface area contributed by atoms with Crippen molar-refractivity contribution in [3.63, 3.8) is 0 Å². The topological polar surface area (TPSA) is 29.3 Å². The van der Waals surface area contributed by atoms with Crippen molar-refractivity contribution in [2.45, 2.75) is 51.6 Å². The van der Waals surface area contributed by atoms with Gasteiger partial charge in [0, 0.05) is 24.7 Å². The summed E-state index contributed by atoms with van der Waals surface area (Å²) >= 11 is 0. The number of rotatable bonds is 6. The zero-order valence-electron chi connectivity index (χ0n) is 10.5. The lowest BCUT2D eigenvalue weighted by molar-refractivity contribution is 0.147. The average molecular weight is 210 g/mol. The summed E-state index contributed by atoms with van der Waals surface area (Å²) < 4.78 is 0. The van der Waals surface area contributed by atoms with Crippen molar-refractivity contribution in [1.29, 1.82) is 0 Å². The van der Waals surface area contributed by atoms with Crippen molar-refractivity contribution in [2.24, 2.45) is 11.7 Å². The molecule has 2 heteroatoms. The predicted molar refractivity (Wildman–Crippen MR) is 66.8 cm³/mol. The average Bonchev–Trinajstić information content (AvgIpc) is 2.92. The molecule has 0 aromatic carbocycles. The maximum absolute atomic E-state index is 6.11. The van der Waals surface area contributed by atoms with Crippen LogP contribution in [-0.2, 0) is 0 Å². The van der Waals surface area contributed by atoms with E-state index in [0.717, 1.165) is 25.4 Å². The summed E-state index contributed by atoms with van der Waals surface area (Å²) in [5, 5.41) is 0. The normalized spacial score (nSPS) is 19.3. The molecular formula is C13H26N2. The molecule has 88 valence electrons. The van der Waals surface area contributed by atoms with Crippen LogP contribution >= 0.6 is 0 Å². The van der Waals surface area contributed by atoms with E-state index in [1.807, 2.05) is 6.08 Å². The fraction of sp³-hybridized carbons (Fsp3) is 0.846. The number of hydrogen-bond acceptors (Lipinski definition) is 2. The quantitative estimate of drug-likeness (QED) is 0.682. The van der Waals surface area contributed by atoms with Crippen LogP contribution in [0.5, 0.6) is 0 Å². The lowest BCUT2D eigenvalue weighted by Crippen LogP contribution is -2.43. The van der Waals surface area contributed by atoms with Crippen molar-refractivity contribution < 1.29 is 0 Å². The summed E-state index contributed by atoms with van der Waals surface area (Å²) in [6.45, 7) is 12.6. The molecule has 0 aromatic heterocycles. The van der Waals surface area contributed by atoms with Crippen molar-refractivity contribution in [2.75, 3.05) is 13.1 Å². The Morgan fingerprint density at radius 1 is 1.47 bits per heavy atom. The Morgan fingerprint density at radius 3 is 2.47 bits per heavy atom. The molecule has 0 spiro atoms. The number of hydrogen-bond donors (Lipinski definition) is 1. The largest absolute Gasteiger partial charge is 0.327 e. The van der Waals surface area contributed by atoms with Gasteiger partial charge in [-0.15, -0.1) is 6.58 Å². The van der Waals surface area contributed by atoms with Gasteiger partial charge in [0.2, 0.25) is 0 Å². The molecule has 1 fully saturated rings. The first kappa shape index (κ1) is 12.7. The Balaban J connectivity index is 2.33. The van der Waals surface area contributed by atoms with Crippen molar-refractivity contribution in [3.05, 3.63) is 12.7 Å². The summed E-state index contributed by atoms with van der Waals surface area (Å²) in [6.07, 6.45) is 5.79. The molecule has 1 rings (SSSR count). The van der Waals surface area contributed by atoms with Crippen LogP contribution in [0, 0.1) is 5.92 Å². The first-order valence-corrected chi connectivity index (χ1v) is 6.06. The Hall–Kier alpha value is -0.340. The molecule has 0 bridgehead atoms. The van der Waals surface area contributed by atoms with Crippen molar-refractivity contribution in [1.82, 2.24) is 4.90 Å². The third-order valence-electron chi connectivity index (χ3n) is 3.26. The molecular weight excluding hydrogens is 184 g/mol. The van der Waals surface area contributed by atoms with E-state index < -0.39 is 0 Å². The van der Waals surface area contributed by atoms with Gasteiger partial charge in [0.15, 0.2) is 0 Å². The Morgan fingerprint density at radius 2 is 2.07 bits per heavy atom. The highest BCUT2D eigenvalue weighted by atomic mass is 15.2. The number of nitrogens with two attached hydrogens (primary N) is 1. The molecule has 1 aliphatic rings. The molecule has 1 aliphatic carbocycles. The molecule has 15 heavy (non-hydrogen) atoms. The fourth-order valence-electron chi connectivity index (χ4n) is 1.92. The second kappa shape index (κ2) is 5.13. The number of nitrogens with zero attached hydrogens (tertiary/aromatic N) is 1. The highest BCUT2D eigenvalue weighted by Crippen LogP contribution is 2.33. The van der Waals surface area contributed by atoms with Crippen LogP contribution in [0.25, 0.3) is 0 Å². The van der Waals surface area contributed by atoms with Gasteiger partial charge >= 0.3 is 0 Å². The minimum atomic E-state index is 0.220. The van der Waals surface area contributed by atoms with Gasteiger partial charge in [-0.3, -0.25) is 4.90 Å². The smallest absolute Gasteiger partial charge is 0.0165 e. The molecule has 0 heterocycles. The van der Waals surface area contributed by atoms with E-state index in [1.165, 1.54) is 12.8 Å². The third kappa shape index (κ3) is 4.35. The SMILES string of the molecule is C=CCN(CCC(N)C1CC1)C(C)(C)C. The third-order valence-corrected chi connectivity index (χ3v) is 3.26. The van der Waals surface area contributed by atoms with Gasteiger partial charge in [-0.1, -0.05) is 6.08 Å². The molecule has 2 N–H and O–H groups in total. The van der Waals surface area contributed by atoms with Crippen LogP contribution in [0.1, 0.15) is 40.0 Å². The standard InChI is InChI=1S/C13H26N2/c1-5-9-15(13(2,3)4)10-8-12(14)11-6-7-11/h5,11-12H,1,6-10,14H2,2-4H3. The highest BCUT2D eigenvalue weighted by molar-refractivity contribution is 4.87. The summed E-state index contributed by atoms with van der Waals surface area (Å²) in [7, 11) is 0. The first-order valence-electron chi connectivity index (χ1n) is 6.06. The molecule has 1 saturated carbocycles. The second-order valence-corrected chi connectivity index (χ2v) is 5.70. The highest BCUT2D eigenvalue weighted by Gasteiger charge is 2.29. The van der Waals surface area contributed by atoms with E-state index in [1.54, 1.807) is 0 Å². The molecule has 0 aromatic rings. The zero-order chi connectivity index (χ0) is 11.5. The van der Waals surface area contributed by atoms with Crippen molar-refractivity contribution >= 4 is 0 Å². The van der Waals surface area contributed by atoms with Crippen molar-refractivity contribution in [3.8, 4) is 0 Å². The van der Waals surface area contributed by atoms with Crippen LogP contribution < -0.4 is 5.73 Å². The maximum atomic E-state index is 6.11. The van der Waals surface area contributed by atoms with Crippen LogP contribution in [-0.4, -0.2) is 29.6 Å². The van der Waals surface area contributed by atoms with Gasteiger partial charge in [-0.25, -0.2) is 0 Å².